The molecular weight excluding hydrogens is 924 g/mol. The predicted octanol–water partition coefficient (Wildman–Crippen LogP) is 4.60. The monoisotopic (exact) mass is 994 g/mol. The van der Waals surface area contributed by atoms with Crippen molar-refractivity contribution in [3.05, 3.63) is 76.3 Å². The van der Waals surface area contributed by atoms with Gasteiger partial charge in [-0.3, -0.25) is 33.6 Å². The maximum atomic E-state index is 14.0. The van der Waals surface area contributed by atoms with Crippen LogP contribution in [-0.2, 0) is 60.8 Å². The van der Waals surface area contributed by atoms with E-state index in [-0.39, 0.29) is 75.0 Å². The van der Waals surface area contributed by atoms with Crippen LogP contribution in [0.3, 0.4) is 0 Å². The second-order valence-electron chi connectivity index (χ2n) is 19.6. The Kier molecular flexibility index (Phi) is 20.8. The van der Waals surface area contributed by atoms with Gasteiger partial charge in [0.2, 0.25) is 35.4 Å². The average Bonchev–Trinajstić information content (AvgIpc) is 4.09. The Morgan fingerprint density at radius 2 is 1.56 bits per heavy atom. The minimum atomic E-state index is -1.20. The first-order valence-corrected chi connectivity index (χ1v) is 24.2. The number of epoxide rings is 1. The highest BCUT2D eigenvalue weighted by atomic mass is 35.5. The number of ether oxygens (including phenoxy) is 3. The van der Waals surface area contributed by atoms with Gasteiger partial charge >= 0.3 is 11.9 Å². The zero-order valence-corrected chi connectivity index (χ0v) is 42.6. The predicted molar refractivity (Wildman–Crippen MR) is 261 cm³/mol. The third-order valence-corrected chi connectivity index (χ3v) is 13.0. The number of carbonyl (C=O) groups excluding carboxylic acids is 7. The van der Waals surface area contributed by atoms with E-state index in [9.17, 15) is 38.4 Å². The van der Waals surface area contributed by atoms with Gasteiger partial charge in [0.15, 0.2) is 0 Å². The largest absolute Gasteiger partial charge is 0.495 e. The van der Waals surface area contributed by atoms with Crippen molar-refractivity contribution in [1.82, 2.24) is 31.9 Å². The molecule has 18 nitrogen and oxygen atoms in total. The van der Waals surface area contributed by atoms with Gasteiger partial charge in [-0.2, -0.15) is 0 Å². The summed E-state index contributed by atoms with van der Waals surface area (Å²) in [6.45, 7) is 15.9. The van der Waals surface area contributed by atoms with Crippen molar-refractivity contribution in [2.24, 2.45) is 23.2 Å². The molecule has 6 amide bonds. The number of benzene rings is 2. The minimum absolute atomic E-state index is 0.000265. The molecule has 0 spiro atoms. The molecule has 2 aromatic rings. The summed E-state index contributed by atoms with van der Waals surface area (Å²) in [5.74, 6) is -4.86. The molecule has 1 saturated heterocycles. The van der Waals surface area contributed by atoms with Crippen LogP contribution in [-0.4, -0.2) is 102 Å². The van der Waals surface area contributed by atoms with Crippen molar-refractivity contribution in [2.75, 3.05) is 7.11 Å². The maximum Gasteiger partial charge on any atom is 0.328 e. The number of methoxy groups -OCH3 is 1. The molecule has 0 aromatic heterocycles. The Morgan fingerprint density at radius 3 is 2.17 bits per heavy atom. The van der Waals surface area contributed by atoms with E-state index in [0.717, 1.165) is 11.1 Å². The fourth-order valence-corrected chi connectivity index (χ4v) is 8.13. The van der Waals surface area contributed by atoms with Gasteiger partial charge in [-0.1, -0.05) is 82.6 Å². The Balaban J connectivity index is 1.45. The van der Waals surface area contributed by atoms with E-state index in [1.165, 1.54) is 20.1 Å². The number of hydrogen-bond donors (Lipinski definition) is 7. The van der Waals surface area contributed by atoms with Gasteiger partial charge in [0.1, 0.15) is 42.1 Å². The molecule has 9 atom stereocenters. The number of hydrogen-bond acceptors (Lipinski definition) is 11. The molecule has 1 unspecified atom stereocenters. The molecule has 2 heterocycles. The van der Waals surface area contributed by atoms with Crippen LogP contribution < -0.4 is 36.6 Å². The lowest BCUT2D eigenvalue weighted by Crippen LogP contribution is -2.58. The summed E-state index contributed by atoms with van der Waals surface area (Å²) in [6, 6.07) is 7.86. The van der Waals surface area contributed by atoms with E-state index < -0.39 is 89.1 Å². The summed E-state index contributed by atoms with van der Waals surface area (Å²) in [5.41, 5.74) is 1.07. The lowest BCUT2D eigenvalue weighted by atomic mass is 9.83. The number of halogens is 1. The van der Waals surface area contributed by atoms with Gasteiger partial charge in [0, 0.05) is 44.2 Å². The fraction of sp³-hybridized carbons (Fsp3) is 0.569. The lowest BCUT2D eigenvalue weighted by molar-refractivity contribution is -0.157. The highest BCUT2D eigenvalue weighted by Crippen LogP contribution is 2.45. The normalized spacial score (nSPS) is 23.6. The summed E-state index contributed by atoms with van der Waals surface area (Å²) in [5, 5.41) is 25.9. The van der Waals surface area contributed by atoms with Crippen molar-refractivity contribution in [3.8, 4) is 5.75 Å². The van der Waals surface area contributed by atoms with E-state index in [1.807, 2.05) is 45.0 Å². The van der Waals surface area contributed by atoms with Gasteiger partial charge in [-0.25, -0.2) is 4.79 Å². The van der Waals surface area contributed by atoms with Crippen LogP contribution in [0.2, 0.25) is 5.02 Å². The second-order valence-corrected chi connectivity index (χ2v) is 20.0. The SMILES string of the molecule is COc1ccc(C[C@H]2NC(=O)/C=C/C[C@@H]([C@H](C)[C@H]3O[C@@H]3c3ccc(CNC(=O)[C@H](C)NC(=O)[C@@H](NC(=O)CCCC(=O)O)C(C)C)cc3)OC(=O)[C@H](CC(C)C)NC(=O)C(C)(C)C(C)NC2=O)cc1Cl. The number of aliphatic carboxylic acids is 1. The van der Waals surface area contributed by atoms with E-state index in [2.05, 4.69) is 31.9 Å². The number of rotatable bonds is 19. The fourth-order valence-electron chi connectivity index (χ4n) is 7.85. The lowest BCUT2D eigenvalue weighted by Gasteiger charge is -2.34. The Labute approximate surface area is 415 Å². The van der Waals surface area contributed by atoms with Crippen molar-refractivity contribution < 1.29 is 57.7 Å². The average molecular weight is 996 g/mol. The Bertz CT molecular complexity index is 2230. The van der Waals surface area contributed by atoms with Gasteiger partial charge < -0.3 is 51.2 Å². The number of carbonyl (C=O) groups is 8. The molecule has 1 fully saturated rings. The number of cyclic esters (lactones) is 1. The first-order valence-electron chi connectivity index (χ1n) is 23.9. The van der Waals surface area contributed by atoms with Crippen molar-refractivity contribution >= 4 is 59.0 Å². The second kappa shape index (κ2) is 25.7. The van der Waals surface area contributed by atoms with E-state index in [0.29, 0.717) is 16.3 Å². The van der Waals surface area contributed by atoms with Crippen LogP contribution in [0.4, 0.5) is 0 Å². The first kappa shape index (κ1) is 56.6. The van der Waals surface area contributed by atoms with Gasteiger partial charge in [0.05, 0.1) is 23.7 Å². The van der Waals surface area contributed by atoms with Crippen molar-refractivity contribution in [3.63, 3.8) is 0 Å². The Morgan fingerprint density at radius 1 is 0.886 bits per heavy atom. The van der Waals surface area contributed by atoms with Crippen molar-refractivity contribution in [1.29, 1.82) is 0 Å². The number of esters is 1. The first-order chi connectivity index (χ1) is 32.9. The summed E-state index contributed by atoms with van der Waals surface area (Å²) in [6.07, 6.45) is 1.76. The summed E-state index contributed by atoms with van der Waals surface area (Å²) in [7, 11) is 1.49. The third kappa shape index (κ3) is 16.6. The molecule has 0 bridgehead atoms. The van der Waals surface area contributed by atoms with Crippen LogP contribution in [0.5, 0.6) is 5.75 Å². The number of nitrogens with one attached hydrogen (secondary N) is 6. The third-order valence-electron chi connectivity index (χ3n) is 12.7. The molecule has 0 radical (unpaired) electrons. The molecule has 7 N–H and O–H groups in total. The van der Waals surface area contributed by atoms with Crippen LogP contribution in [0.1, 0.15) is 117 Å². The quantitative estimate of drug-likeness (QED) is 0.0753. The van der Waals surface area contributed by atoms with Gasteiger partial charge in [0.25, 0.3) is 0 Å². The van der Waals surface area contributed by atoms with Crippen LogP contribution in [0.25, 0.3) is 0 Å². The molecule has 70 heavy (non-hydrogen) atoms. The molecule has 4 rings (SSSR count). The highest BCUT2D eigenvalue weighted by Gasteiger charge is 2.48. The molecule has 2 aliphatic rings. The molecule has 19 heteroatoms. The standard InChI is InChI=1S/C51H71ClN6O12/c1-27(2)23-37-49(66)69-38(13-11-14-40(59)56-36(25-33-19-22-39(68-10)35(52)24-33)47(64)55-31(7)51(8,9)50(67)57-37)29(5)44-45(70-44)34-20-17-32(18-21-34)26-53-46(63)30(6)54-48(65)43(28(3)4)58-41(60)15-12-16-42(61)62/h11,14,17-22,24,27-31,36-38,43-45H,12-13,15-16,23,25-26H2,1-10H3,(H,53,63)(H,54,65)(H,55,64)(H,56,59)(H,57,67)(H,58,60)(H,61,62)/b14-11+/t29-,30-,31?,36+,37-,38-,43-,44+,45+/m0/s1. The molecular formula is C51H71ClN6O12. The number of carboxylic acid groups (broad SMARTS) is 1. The Hall–Kier alpha value is -6.01. The zero-order chi connectivity index (χ0) is 52.0. The number of carboxylic acids is 1. The summed E-state index contributed by atoms with van der Waals surface area (Å²) in [4.78, 5) is 105. The minimum Gasteiger partial charge on any atom is -0.495 e. The topological polar surface area (TPSA) is 260 Å². The molecule has 0 aliphatic carbocycles. The molecule has 2 aromatic carbocycles. The molecule has 0 saturated carbocycles. The van der Waals surface area contributed by atoms with Crippen molar-refractivity contribution in [2.45, 2.75) is 156 Å². The summed E-state index contributed by atoms with van der Waals surface area (Å²) >= 11 is 6.39. The van der Waals surface area contributed by atoms with Crippen LogP contribution >= 0.6 is 11.6 Å². The van der Waals surface area contributed by atoms with Gasteiger partial charge in [-0.15, -0.1) is 0 Å². The highest BCUT2D eigenvalue weighted by molar-refractivity contribution is 6.32. The molecule has 384 valence electrons. The van der Waals surface area contributed by atoms with E-state index >= 15 is 0 Å². The van der Waals surface area contributed by atoms with Gasteiger partial charge in [-0.05, 0) is 87.3 Å². The molecule has 2 aliphatic heterocycles. The smallest absolute Gasteiger partial charge is 0.328 e. The van der Waals surface area contributed by atoms with Crippen LogP contribution in [0, 0.1) is 23.2 Å². The van der Waals surface area contributed by atoms with E-state index in [1.54, 1.807) is 58.9 Å². The zero-order valence-electron chi connectivity index (χ0n) is 41.8. The number of amides is 6. The summed E-state index contributed by atoms with van der Waals surface area (Å²) < 4.78 is 17.7. The van der Waals surface area contributed by atoms with E-state index in [4.69, 9.17) is 30.9 Å². The van der Waals surface area contributed by atoms with Crippen LogP contribution in [0.15, 0.2) is 54.6 Å². The maximum absolute atomic E-state index is 14.0.